The van der Waals surface area contributed by atoms with Crippen LogP contribution in [0.1, 0.15) is 31.9 Å². The van der Waals surface area contributed by atoms with Gasteiger partial charge in [0, 0.05) is 11.6 Å². The van der Waals surface area contributed by atoms with Crippen LogP contribution in [0.3, 0.4) is 0 Å². The summed E-state index contributed by atoms with van der Waals surface area (Å²) in [5.41, 5.74) is 5.20. The Bertz CT molecular complexity index is 803. The molecule has 0 spiro atoms. The summed E-state index contributed by atoms with van der Waals surface area (Å²) in [5, 5.41) is 0.774. The molecule has 3 nitrogen and oxygen atoms in total. The molecule has 0 amide bonds. The van der Waals surface area contributed by atoms with Gasteiger partial charge in [-0.05, 0) is 34.7 Å². The van der Waals surface area contributed by atoms with Crippen molar-refractivity contribution in [1.82, 2.24) is 0 Å². The third-order valence-corrected chi connectivity index (χ3v) is 4.97. The lowest BCUT2D eigenvalue weighted by Gasteiger charge is -2.22. The second kappa shape index (κ2) is 5.52. The number of rotatable bonds is 2. The Morgan fingerprint density at radius 3 is 2.50 bits per heavy atom. The molecule has 2 aliphatic rings. The van der Waals surface area contributed by atoms with E-state index in [0.29, 0.717) is 0 Å². The van der Waals surface area contributed by atoms with E-state index >= 15 is 0 Å². The van der Waals surface area contributed by atoms with Crippen molar-refractivity contribution in [3.8, 4) is 0 Å². The number of benzene rings is 2. The standard InChI is InChI=1S/C20H22ClN3/c1-20(2,3)15-6-4-14(5-7-15)13-24-17-9-8-16(21)12-18(17)23-11-10-22-19(23)24/h4-9,12H,10-11,13H2,1-3H3. The summed E-state index contributed by atoms with van der Waals surface area (Å²) in [5.74, 6) is 1.05. The maximum absolute atomic E-state index is 6.20. The van der Waals surface area contributed by atoms with E-state index in [4.69, 9.17) is 16.6 Å². The molecule has 4 rings (SSSR count). The molecule has 4 heteroatoms. The quantitative estimate of drug-likeness (QED) is 0.780. The number of halogens is 1. The van der Waals surface area contributed by atoms with Crippen molar-refractivity contribution in [3.05, 3.63) is 58.6 Å². The zero-order valence-electron chi connectivity index (χ0n) is 14.4. The predicted molar refractivity (Wildman–Crippen MR) is 102 cm³/mol. The third kappa shape index (κ3) is 2.57. The van der Waals surface area contributed by atoms with Gasteiger partial charge in [0.2, 0.25) is 5.96 Å². The van der Waals surface area contributed by atoms with Crippen molar-refractivity contribution in [2.45, 2.75) is 32.7 Å². The van der Waals surface area contributed by atoms with Gasteiger partial charge in [-0.3, -0.25) is 4.99 Å². The molecule has 0 N–H and O–H groups in total. The fourth-order valence-electron chi connectivity index (χ4n) is 3.39. The van der Waals surface area contributed by atoms with E-state index in [-0.39, 0.29) is 5.41 Å². The fourth-order valence-corrected chi connectivity index (χ4v) is 3.56. The molecule has 2 heterocycles. The minimum absolute atomic E-state index is 0.182. The van der Waals surface area contributed by atoms with Gasteiger partial charge >= 0.3 is 0 Å². The maximum Gasteiger partial charge on any atom is 0.206 e. The van der Waals surface area contributed by atoms with Crippen LogP contribution in [0.25, 0.3) is 0 Å². The highest BCUT2D eigenvalue weighted by Gasteiger charge is 2.35. The Labute approximate surface area is 148 Å². The number of hydrogen-bond donors (Lipinski definition) is 0. The van der Waals surface area contributed by atoms with Crippen LogP contribution in [0.4, 0.5) is 11.4 Å². The van der Waals surface area contributed by atoms with Gasteiger partial charge in [-0.25, -0.2) is 0 Å². The van der Waals surface area contributed by atoms with E-state index in [1.807, 2.05) is 12.1 Å². The summed E-state index contributed by atoms with van der Waals surface area (Å²) in [7, 11) is 0. The van der Waals surface area contributed by atoms with E-state index in [0.717, 1.165) is 30.6 Å². The molecule has 0 radical (unpaired) electrons. The van der Waals surface area contributed by atoms with Crippen LogP contribution in [0, 0.1) is 0 Å². The first kappa shape index (κ1) is 15.5. The summed E-state index contributed by atoms with van der Waals surface area (Å²) in [4.78, 5) is 9.27. The number of anilines is 2. The van der Waals surface area contributed by atoms with Gasteiger partial charge in [0.25, 0.3) is 0 Å². The van der Waals surface area contributed by atoms with E-state index in [1.54, 1.807) is 0 Å². The molecule has 2 aromatic rings. The van der Waals surface area contributed by atoms with Gasteiger partial charge in [-0.15, -0.1) is 0 Å². The summed E-state index contributed by atoms with van der Waals surface area (Å²) in [6.45, 7) is 9.34. The molecule has 0 saturated heterocycles. The Morgan fingerprint density at radius 1 is 1.04 bits per heavy atom. The Morgan fingerprint density at radius 2 is 1.79 bits per heavy atom. The van der Waals surface area contributed by atoms with Crippen LogP contribution in [-0.4, -0.2) is 19.0 Å². The average Bonchev–Trinajstić information content (AvgIpc) is 3.10. The summed E-state index contributed by atoms with van der Waals surface area (Å²) in [6.07, 6.45) is 0. The van der Waals surface area contributed by atoms with Gasteiger partial charge in [-0.2, -0.15) is 0 Å². The van der Waals surface area contributed by atoms with Crippen LogP contribution in [-0.2, 0) is 12.0 Å². The van der Waals surface area contributed by atoms with Crippen molar-refractivity contribution >= 4 is 28.9 Å². The predicted octanol–water partition coefficient (Wildman–Crippen LogP) is 4.83. The molecule has 0 fully saturated rings. The Balaban J connectivity index is 1.65. The van der Waals surface area contributed by atoms with Gasteiger partial charge in [-0.1, -0.05) is 56.6 Å². The van der Waals surface area contributed by atoms with Crippen LogP contribution >= 0.6 is 11.6 Å². The molecule has 0 aromatic heterocycles. The van der Waals surface area contributed by atoms with Crippen LogP contribution in [0.2, 0.25) is 5.02 Å². The first-order chi connectivity index (χ1) is 11.4. The molecule has 0 bridgehead atoms. The van der Waals surface area contributed by atoms with Gasteiger partial charge < -0.3 is 9.80 Å². The van der Waals surface area contributed by atoms with Gasteiger partial charge in [0.15, 0.2) is 0 Å². The normalized spacial score (nSPS) is 16.2. The van der Waals surface area contributed by atoms with Gasteiger partial charge in [0.05, 0.1) is 24.5 Å². The molecule has 0 aliphatic carbocycles. The lowest BCUT2D eigenvalue weighted by molar-refractivity contribution is 0.590. The minimum atomic E-state index is 0.182. The number of nitrogens with zero attached hydrogens (tertiary/aromatic N) is 3. The maximum atomic E-state index is 6.20. The number of fused-ring (bicyclic) bond motifs is 3. The van der Waals surface area contributed by atoms with E-state index in [9.17, 15) is 0 Å². The van der Waals surface area contributed by atoms with Crippen LogP contribution in [0.5, 0.6) is 0 Å². The van der Waals surface area contributed by atoms with Crippen molar-refractivity contribution in [2.24, 2.45) is 4.99 Å². The molecule has 0 saturated carbocycles. The number of aliphatic imine (C=N–C) groups is 1. The smallest absolute Gasteiger partial charge is 0.206 e. The molecule has 0 atom stereocenters. The molecule has 0 unspecified atom stereocenters. The molecule has 2 aliphatic heterocycles. The van der Waals surface area contributed by atoms with E-state index in [1.165, 1.54) is 22.5 Å². The zero-order valence-corrected chi connectivity index (χ0v) is 15.1. The lowest BCUT2D eigenvalue weighted by Crippen LogP contribution is -2.34. The van der Waals surface area contributed by atoms with E-state index in [2.05, 4.69) is 60.9 Å². The van der Waals surface area contributed by atoms with Crippen LogP contribution < -0.4 is 9.80 Å². The Kier molecular flexibility index (Phi) is 3.57. The highest BCUT2D eigenvalue weighted by atomic mass is 35.5. The topological polar surface area (TPSA) is 18.8 Å². The van der Waals surface area contributed by atoms with Crippen LogP contribution in [0.15, 0.2) is 47.5 Å². The fraction of sp³-hybridized carbons (Fsp3) is 0.350. The molecule has 24 heavy (non-hydrogen) atoms. The second-order valence-corrected chi connectivity index (χ2v) is 7.94. The van der Waals surface area contributed by atoms with Crippen molar-refractivity contribution in [1.29, 1.82) is 0 Å². The second-order valence-electron chi connectivity index (χ2n) is 7.50. The number of guanidine groups is 1. The monoisotopic (exact) mass is 339 g/mol. The summed E-state index contributed by atoms with van der Waals surface area (Å²) < 4.78 is 0. The van der Waals surface area contributed by atoms with Crippen molar-refractivity contribution in [2.75, 3.05) is 22.9 Å². The Hall–Kier alpha value is -2.00. The molecular formula is C20H22ClN3. The SMILES string of the molecule is CC(C)(C)c1ccc(CN2C3=NCCN3c3cc(Cl)ccc32)cc1. The van der Waals surface area contributed by atoms with Gasteiger partial charge in [0.1, 0.15) is 0 Å². The first-order valence-electron chi connectivity index (χ1n) is 8.42. The summed E-state index contributed by atoms with van der Waals surface area (Å²) >= 11 is 6.20. The average molecular weight is 340 g/mol. The first-order valence-corrected chi connectivity index (χ1v) is 8.80. The van der Waals surface area contributed by atoms with Crippen molar-refractivity contribution in [3.63, 3.8) is 0 Å². The largest absolute Gasteiger partial charge is 0.308 e. The lowest BCUT2D eigenvalue weighted by atomic mass is 9.87. The molecule has 2 aromatic carbocycles. The number of hydrogen-bond acceptors (Lipinski definition) is 3. The molecule has 124 valence electrons. The minimum Gasteiger partial charge on any atom is -0.308 e. The highest BCUT2D eigenvalue weighted by molar-refractivity contribution is 6.31. The van der Waals surface area contributed by atoms with Crippen molar-refractivity contribution < 1.29 is 0 Å². The zero-order chi connectivity index (χ0) is 16.9. The third-order valence-electron chi connectivity index (χ3n) is 4.74. The summed E-state index contributed by atoms with van der Waals surface area (Å²) in [6, 6.07) is 15.0. The highest BCUT2D eigenvalue weighted by Crippen LogP contribution is 2.41. The molecular weight excluding hydrogens is 318 g/mol. The van der Waals surface area contributed by atoms with E-state index < -0.39 is 0 Å².